The molecule has 0 fully saturated rings. The summed E-state index contributed by atoms with van der Waals surface area (Å²) in [6, 6.07) is 21.4. The van der Waals surface area contributed by atoms with Crippen molar-refractivity contribution < 1.29 is 18.0 Å². The Morgan fingerprint density at radius 1 is 0.914 bits per heavy atom. The molecule has 0 aliphatic rings. The van der Waals surface area contributed by atoms with Crippen LogP contribution in [0, 0.1) is 0 Å². The van der Waals surface area contributed by atoms with Gasteiger partial charge in [-0.3, -0.25) is 9.59 Å². The van der Waals surface area contributed by atoms with E-state index in [4.69, 9.17) is 0 Å². The molecule has 0 heterocycles. The first-order chi connectivity index (χ1) is 16.8. The Morgan fingerprint density at radius 2 is 1.57 bits per heavy atom. The SMILES string of the molecule is CCNC(=O)C(CC)N(CCc1ccccc1)C(=O)CN(C)S(=O)(=O)c1ccc2ccccc2c1. The number of nitrogens with zero attached hydrogens (tertiary/aromatic N) is 2. The van der Waals surface area contributed by atoms with E-state index in [-0.39, 0.29) is 17.3 Å². The van der Waals surface area contributed by atoms with Gasteiger partial charge in [-0.1, -0.05) is 67.6 Å². The van der Waals surface area contributed by atoms with E-state index in [1.165, 1.54) is 11.9 Å². The highest BCUT2D eigenvalue weighted by atomic mass is 32.2. The molecule has 0 saturated heterocycles. The van der Waals surface area contributed by atoms with Crippen LogP contribution in [0.15, 0.2) is 77.7 Å². The summed E-state index contributed by atoms with van der Waals surface area (Å²) in [5.41, 5.74) is 1.04. The van der Waals surface area contributed by atoms with Crippen LogP contribution in [0.1, 0.15) is 25.8 Å². The van der Waals surface area contributed by atoms with E-state index >= 15 is 0 Å². The molecule has 2 amide bonds. The van der Waals surface area contributed by atoms with Crippen LogP contribution < -0.4 is 5.32 Å². The van der Waals surface area contributed by atoms with Crippen molar-refractivity contribution in [2.75, 3.05) is 26.7 Å². The fourth-order valence-electron chi connectivity index (χ4n) is 4.06. The van der Waals surface area contributed by atoms with Gasteiger partial charge in [0, 0.05) is 20.1 Å². The minimum absolute atomic E-state index is 0.123. The molecule has 0 aliphatic carbocycles. The minimum Gasteiger partial charge on any atom is -0.355 e. The maximum absolute atomic E-state index is 13.4. The Morgan fingerprint density at radius 3 is 2.23 bits per heavy atom. The number of fused-ring (bicyclic) bond motifs is 1. The normalized spacial score (nSPS) is 12.5. The van der Waals surface area contributed by atoms with Gasteiger partial charge in [0.15, 0.2) is 0 Å². The van der Waals surface area contributed by atoms with Gasteiger partial charge in [0.25, 0.3) is 0 Å². The van der Waals surface area contributed by atoms with Crippen molar-refractivity contribution in [3.63, 3.8) is 0 Å². The summed E-state index contributed by atoms with van der Waals surface area (Å²) in [5, 5.41) is 4.53. The highest BCUT2D eigenvalue weighted by Gasteiger charge is 2.31. The second-order valence-electron chi connectivity index (χ2n) is 8.41. The van der Waals surface area contributed by atoms with Crippen molar-refractivity contribution in [3.05, 3.63) is 78.4 Å². The number of hydrogen-bond donors (Lipinski definition) is 1. The highest BCUT2D eigenvalue weighted by Crippen LogP contribution is 2.21. The number of carbonyl (C=O) groups is 2. The lowest BCUT2D eigenvalue weighted by atomic mass is 10.1. The number of amides is 2. The van der Waals surface area contributed by atoms with E-state index in [0.29, 0.717) is 25.9 Å². The molecule has 1 unspecified atom stereocenters. The third kappa shape index (κ3) is 6.46. The van der Waals surface area contributed by atoms with Crippen molar-refractivity contribution in [2.45, 2.75) is 37.6 Å². The second kappa shape index (κ2) is 12.0. The fraction of sp³-hybridized carbons (Fsp3) is 0.333. The van der Waals surface area contributed by atoms with Crippen molar-refractivity contribution >= 4 is 32.6 Å². The average molecular weight is 496 g/mol. The molecule has 7 nitrogen and oxygen atoms in total. The van der Waals surface area contributed by atoms with Crippen molar-refractivity contribution in [1.82, 2.24) is 14.5 Å². The first-order valence-corrected chi connectivity index (χ1v) is 13.3. The van der Waals surface area contributed by atoms with Gasteiger partial charge >= 0.3 is 0 Å². The van der Waals surface area contributed by atoms with E-state index in [0.717, 1.165) is 20.6 Å². The quantitative estimate of drug-likeness (QED) is 0.442. The zero-order valence-corrected chi connectivity index (χ0v) is 21.3. The number of sulfonamides is 1. The predicted molar refractivity (Wildman–Crippen MR) is 138 cm³/mol. The molecule has 3 rings (SSSR count). The van der Waals surface area contributed by atoms with Crippen LogP contribution in [0.25, 0.3) is 10.8 Å². The predicted octanol–water partition coefficient (Wildman–Crippen LogP) is 3.45. The maximum atomic E-state index is 13.4. The van der Waals surface area contributed by atoms with Gasteiger partial charge in [0.1, 0.15) is 6.04 Å². The van der Waals surface area contributed by atoms with E-state index in [1.54, 1.807) is 18.2 Å². The van der Waals surface area contributed by atoms with Crippen LogP contribution in [0.2, 0.25) is 0 Å². The first kappa shape index (κ1) is 26.4. The summed E-state index contributed by atoms with van der Waals surface area (Å²) in [7, 11) is -2.51. The molecule has 3 aromatic carbocycles. The molecule has 186 valence electrons. The summed E-state index contributed by atoms with van der Waals surface area (Å²) in [5.74, 6) is -0.651. The molecule has 1 atom stereocenters. The number of hydrogen-bond acceptors (Lipinski definition) is 4. The molecular weight excluding hydrogens is 462 g/mol. The number of nitrogens with one attached hydrogen (secondary N) is 1. The molecular formula is C27H33N3O4S. The zero-order valence-electron chi connectivity index (χ0n) is 20.5. The van der Waals surface area contributed by atoms with Gasteiger partial charge in [0.2, 0.25) is 21.8 Å². The average Bonchev–Trinajstić information content (AvgIpc) is 2.86. The number of likely N-dealkylation sites (N-methyl/N-ethyl adjacent to an activating group) is 2. The monoisotopic (exact) mass is 495 g/mol. The largest absolute Gasteiger partial charge is 0.355 e. The first-order valence-electron chi connectivity index (χ1n) is 11.8. The molecule has 0 aromatic heterocycles. The number of carbonyl (C=O) groups excluding carboxylic acids is 2. The van der Waals surface area contributed by atoms with Gasteiger partial charge in [-0.15, -0.1) is 0 Å². The van der Waals surface area contributed by atoms with Gasteiger partial charge < -0.3 is 10.2 Å². The molecule has 0 radical (unpaired) electrons. The fourth-order valence-corrected chi connectivity index (χ4v) is 5.22. The third-order valence-corrected chi connectivity index (χ3v) is 7.81. The summed E-state index contributed by atoms with van der Waals surface area (Å²) in [4.78, 5) is 27.8. The van der Waals surface area contributed by atoms with Gasteiger partial charge in [0.05, 0.1) is 11.4 Å². The lowest BCUT2D eigenvalue weighted by Gasteiger charge is -2.31. The molecule has 0 aliphatic heterocycles. The van der Waals surface area contributed by atoms with Crippen LogP contribution >= 0.6 is 0 Å². The Balaban J connectivity index is 1.82. The Labute approximate surface area is 207 Å². The third-order valence-electron chi connectivity index (χ3n) is 6.01. The molecule has 8 heteroatoms. The van der Waals surface area contributed by atoms with Gasteiger partial charge in [-0.25, -0.2) is 8.42 Å². The lowest BCUT2D eigenvalue weighted by Crippen LogP contribution is -2.52. The van der Waals surface area contributed by atoms with Crippen LogP contribution in [-0.4, -0.2) is 62.2 Å². The van der Waals surface area contributed by atoms with Crippen LogP contribution in [0.4, 0.5) is 0 Å². The Hall–Kier alpha value is -3.23. The van der Waals surface area contributed by atoms with Crippen molar-refractivity contribution in [3.8, 4) is 0 Å². The number of benzene rings is 3. The summed E-state index contributed by atoms with van der Waals surface area (Å²) < 4.78 is 27.6. The van der Waals surface area contributed by atoms with E-state index < -0.39 is 22.0 Å². The van der Waals surface area contributed by atoms with Crippen LogP contribution in [0.5, 0.6) is 0 Å². The highest BCUT2D eigenvalue weighted by molar-refractivity contribution is 7.89. The van der Waals surface area contributed by atoms with E-state index in [1.807, 2.05) is 68.4 Å². The van der Waals surface area contributed by atoms with Gasteiger partial charge in [-0.2, -0.15) is 4.31 Å². The van der Waals surface area contributed by atoms with E-state index in [9.17, 15) is 18.0 Å². The van der Waals surface area contributed by atoms with Gasteiger partial charge in [-0.05, 0) is 48.2 Å². The standard InChI is InChI=1S/C27H33N3O4S/c1-4-25(27(32)28-5-2)30(18-17-21-11-7-6-8-12-21)26(31)20-29(3)35(33,34)24-16-15-22-13-9-10-14-23(22)19-24/h6-16,19,25H,4-5,17-18,20H2,1-3H3,(H,28,32). The second-order valence-corrected chi connectivity index (χ2v) is 10.5. The summed E-state index contributed by atoms with van der Waals surface area (Å²) in [6.07, 6.45) is 0.983. The van der Waals surface area contributed by atoms with Crippen molar-refractivity contribution in [2.24, 2.45) is 0 Å². The molecule has 0 saturated carbocycles. The molecule has 35 heavy (non-hydrogen) atoms. The Bertz CT molecular complexity index is 1260. The van der Waals surface area contributed by atoms with Crippen molar-refractivity contribution in [1.29, 1.82) is 0 Å². The maximum Gasteiger partial charge on any atom is 0.243 e. The summed E-state index contributed by atoms with van der Waals surface area (Å²) in [6.45, 7) is 4.07. The zero-order chi connectivity index (χ0) is 25.4. The molecule has 1 N–H and O–H groups in total. The molecule has 3 aromatic rings. The topological polar surface area (TPSA) is 86.8 Å². The number of rotatable bonds is 11. The molecule has 0 spiro atoms. The van der Waals surface area contributed by atoms with Crippen LogP contribution in [0.3, 0.4) is 0 Å². The minimum atomic E-state index is -3.90. The van der Waals surface area contributed by atoms with E-state index in [2.05, 4.69) is 5.32 Å². The Kier molecular flexibility index (Phi) is 9.01. The van der Waals surface area contributed by atoms with Crippen LogP contribution in [-0.2, 0) is 26.0 Å². The summed E-state index contributed by atoms with van der Waals surface area (Å²) >= 11 is 0. The molecule has 0 bridgehead atoms. The smallest absolute Gasteiger partial charge is 0.243 e. The lowest BCUT2D eigenvalue weighted by molar-refractivity contribution is -0.140.